The molecule has 4 heteroatoms. The minimum atomic E-state index is -0.246. The first kappa shape index (κ1) is 13.2. The maximum absolute atomic E-state index is 11.7. The Morgan fingerprint density at radius 2 is 1.82 bits per heavy atom. The van der Waals surface area contributed by atoms with Crippen molar-refractivity contribution in [3.8, 4) is 0 Å². The lowest BCUT2D eigenvalue weighted by atomic mass is 10.0. The molecule has 0 bridgehead atoms. The molecule has 4 nitrogen and oxygen atoms in total. The lowest BCUT2D eigenvalue weighted by Crippen LogP contribution is -2.18. The van der Waals surface area contributed by atoms with E-state index in [4.69, 9.17) is 0 Å². The fraction of sp³-hybridized carbons (Fsp3) is 0.385. The monoisotopic (exact) mass is 234 g/mol. The highest BCUT2D eigenvalue weighted by Gasteiger charge is 2.18. The van der Waals surface area contributed by atoms with Crippen molar-refractivity contribution in [2.24, 2.45) is 14.1 Å². The van der Waals surface area contributed by atoms with Gasteiger partial charge in [0.2, 0.25) is 0 Å². The lowest BCUT2D eigenvalue weighted by Gasteiger charge is -2.10. The van der Waals surface area contributed by atoms with Crippen molar-refractivity contribution in [2.75, 3.05) is 0 Å². The summed E-state index contributed by atoms with van der Waals surface area (Å²) < 4.78 is 3.16. The van der Waals surface area contributed by atoms with Gasteiger partial charge in [0.15, 0.2) is 6.29 Å². The van der Waals surface area contributed by atoms with Crippen molar-refractivity contribution in [3.05, 3.63) is 45.9 Å². The Hall–Kier alpha value is -1.84. The highest BCUT2D eigenvalue weighted by molar-refractivity contribution is 5.76. The van der Waals surface area contributed by atoms with E-state index in [-0.39, 0.29) is 17.0 Å². The van der Waals surface area contributed by atoms with Gasteiger partial charge in [-0.3, -0.25) is 19.0 Å². The van der Waals surface area contributed by atoms with Crippen LogP contribution in [0.15, 0.2) is 29.1 Å². The first-order chi connectivity index (χ1) is 8.04. The minimum Gasteiger partial charge on any atom is -0.298 e. The minimum absolute atomic E-state index is 0.0188. The van der Waals surface area contributed by atoms with Gasteiger partial charge < -0.3 is 0 Å². The summed E-state index contributed by atoms with van der Waals surface area (Å²) in [6.07, 6.45) is 8.35. The molecule has 0 saturated heterocycles. The molecule has 1 atom stereocenters. The van der Waals surface area contributed by atoms with Crippen LogP contribution in [0.25, 0.3) is 0 Å². The normalized spacial score (nSPS) is 13.6. The fourth-order valence-electron chi connectivity index (χ4n) is 1.84. The molecule has 0 fully saturated rings. The quantitative estimate of drug-likeness (QED) is 0.588. The van der Waals surface area contributed by atoms with Gasteiger partial charge in [0, 0.05) is 20.0 Å². The van der Waals surface area contributed by atoms with Gasteiger partial charge in [-0.15, -0.1) is 0 Å². The number of allylic oxidation sites excluding steroid dienone is 4. The third kappa shape index (κ3) is 2.46. The third-order valence-electron chi connectivity index (χ3n) is 2.85. The topological polar surface area (TPSA) is 44.0 Å². The molecule has 1 unspecified atom stereocenters. The van der Waals surface area contributed by atoms with Gasteiger partial charge in [0.1, 0.15) is 5.56 Å². The van der Waals surface area contributed by atoms with Crippen LogP contribution >= 0.6 is 0 Å². The molecule has 0 aliphatic heterocycles. The number of hydrogen-bond donors (Lipinski definition) is 0. The van der Waals surface area contributed by atoms with Crippen molar-refractivity contribution in [1.82, 2.24) is 9.36 Å². The van der Waals surface area contributed by atoms with Gasteiger partial charge in [0.05, 0.1) is 5.69 Å². The maximum Gasteiger partial charge on any atom is 0.277 e. The molecule has 17 heavy (non-hydrogen) atoms. The van der Waals surface area contributed by atoms with E-state index in [1.807, 2.05) is 38.2 Å². The van der Waals surface area contributed by atoms with Crippen LogP contribution in [0.3, 0.4) is 0 Å². The van der Waals surface area contributed by atoms with Gasteiger partial charge in [-0.2, -0.15) is 0 Å². The van der Waals surface area contributed by atoms with Crippen LogP contribution in [0.4, 0.5) is 0 Å². The van der Waals surface area contributed by atoms with E-state index in [0.717, 1.165) is 5.69 Å². The molecule has 1 rings (SSSR count). The molecule has 0 radical (unpaired) electrons. The number of aromatic nitrogens is 2. The Kier molecular flexibility index (Phi) is 4.26. The van der Waals surface area contributed by atoms with Crippen molar-refractivity contribution in [1.29, 1.82) is 0 Å². The van der Waals surface area contributed by atoms with E-state index in [9.17, 15) is 9.59 Å². The second kappa shape index (κ2) is 5.48. The number of rotatable bonds is 4. The molecule has 0 spiro atoms. The molecule has 1 aromatic rings. The molecule has 1 aromatic heterocycles. The standard InChI is InChI=1S/C13H18N2O2/c1-5-6-7-8-10(2)12-11(9-16)13(17)15(4)14(12)3/h5-10H,1-4H3/b6-5-,8-7-. The summed E-state index contributed by atoms with van der Waals surface area (Å²) in [6.45, 7) is 3.89. The van der Waals surface area contributed by atoms with Crippen molar-refractivity contribution >= 4 is 6.29 Å². The average molecular weight is 234 g/mol. The van der Waals surface area contributed by atoms with Crippen LogP contribution in [0.1, 0.15) is 35.8 Å². The molecule has 0 aromatic carbocycles. The molecule has 0 amide bonds. The second-order valence-electron chi connectivity index (χ2n) is 3.97. The highest BCUT2D eigenvalue weighted by Crippen LogP contribution is 2.17. The first-order valence-corrected chi connectivity index (χ1v) is 5.55. The number of nitrogens with zero attached hydrogens (tertiary/aromatic N) is 2. The summed E-state index contributed by atoms with van der Waals surface area (Å²) in [5.41, 5.74) is 0.740. The molecule has 0 N–H and O–H groups in total. The summed E-state index contributed by atoms with van der Waals surface area (Å²) in [7, 11) is 3.44. The predicted molar refractivity (Wildman–Crippen MR) is 68.4 cm³/mol. The zero-order valence-electron chi connectivity index (χ0n) is 10.7. The first-order valence-electron chi connectivity index (χ1n) is 5.55. The summed E-state index contributed by atoms with van der Waals surface area (Å²) in [5.74, 6) is 0.0188. The van der Waals surface area contributed by atoms with Crippen molar-refractivity contribution in [2.45, 2.75) is 19.8 Å². The Morgan fingerprint density at radius 1 is 1.18 bits per heavy atom. The van der Waals surface area contributed by atoms with Crippen LogP contribution in [0.5, 0.6) is 0 Å². The molecular formula is C13H18N2O2. The number of carbonyl (C=O) groups excluding carboxylic acids is 1. The molecule has 0 saturated carbocycles. The van der Waals surface area contributed by atoms with Crippen molar-refractivity contribution in [3.63, 3.8) is 0 Å². The summed E-state index contributed by atoms with van der Waals surface area (Å²) >= 11 is 0. The summed E-state index contributed by atoms with van der Waals surface area (Å²) in [6, 6.07) is 0. The molecule has 1 heterocycles. The van der Waals surface area contributed by atoms with E-state index in [1.165, 1.54) is 4.68 Å². The van der Waals surface area contributed by atoms with Crippen LogP contribution in [0, 0.1) is 0 Å². The predicted octanol–water partition coefficient (Wildman–Crippen LogP) is 1.77. The van der Waals surface area contributed by atoms with Gasteiger partial charge in [-0.1, -0.05) is 31.2 Å². The zero-order valence-corrected chi connectivity index (χ0v) is 10.7. The smallest absolute Gasteiger partial charge is 0.277 e. The van der Waals surface area contributed by atoms with Crippen LogP contribution in [0.2, 0.25) is 0 Å². The Bertz CT molecular complexity index is 518. The van der Waals surface area contributed by atoms with E-state index in [1.54, 1.807) is 18.8 Å². The lowest BCUT2D eigenvalue weighted by molar-refractivity contribution is 0.112. The fourth-order valence-corrected chi connectivity index (χ4v) is 1.84. The molecule has 92 valence electrons. The largest absolute Gasteiger partial charge is 0.298 e. The highest BCUT2D eigenvalue weighted by atomic mass is 16.1. The van der Waals surface area contributed by atoms with Crippen molar-refractivity contribution < 1.29 is 4.79 Å². The van der Waals surface area contributed by atoms with Gasteiger partial charge in [-0.05, 0) is 6.92 Å². The Labute approximate surface area is 101 Å². The maximum atomic E-state index is 11.7. The number of carbonyl (C=O) groups is 1. The van der Waals surface area contributed by atoms with Crippen LogP contribution in [-0.2, 0) is 14.1 Å². The van der Waals surface area contributed by atoms with E-state index in [0.29, 0.717) is 6.29 Å². The SMILES string of the molecule is C/C=C\C=C/C(C)c1c(C=O)c(=O)n(C)n1C. The number of aldehydes is 1. The van der Waals surface area contributed by atoms with Gasteiger partial charge >= 0.3 is 0 Å². The van der Waals surface area contributed by atoms with Crippen LogP contribution in [-0.4, -0.2) is 15.6 Å². The average Bonchev–Trinajstić information content (AvgIpc) is 2.53. The van der Waals surface area contributed by atoms with Gasteiger partial charge in [0.25, 0.3) is 5.56 Å². The molecular weight excluding hydrogens is 216 g/mol. The molecule has 0 aliphatic carbocycles. The van der Waals surface area contributed by atoms with E-state index >= 15 is 0 Å². The second-order valence-corrected chi connectivity index (χ2v) is 3.97. The summed E-state index contributed by atoms with van der Waals surface area (Å²) in [5, 5.41) is 0. The number of hydrogen-bond acceptors (Lipinski definition) is 2. The zero-order chi connectivity index (χ0) is 13.0. The third-order valence-corrected chi connectivity index (χ3v) is 2.85. The summed E-state index contributed by atoms with van der Waals surface area (Å²) in [4.78, 5) is 22.7. The van der Waals surface area contributed by atoms with Crippen LogP contribution < -0.4 is 5.56 Å². The Morgan fingerprint density at radius 3 is 2.35 bits per heavy atom. The van der Waals surface area contributed by atoms with E-state index < -0.39 is 0 Å². The molecule has 0 aliphatic rings. The van der Waals surface area contributed by atoms with E-state index in [2.05, 4.69) is 0 Å². The Balaban J connectivity index is 3.26. The van der Waals surface area contributed by atoms with Gasteiger partial charge in [-0.25, -0.2) is 0 Å².